The predicted octanol–water partition coefficient (Wildman–Crippen LogP) is 2.79. The number of ether oxygens (including phenoxy) is 2. The number of hydrogen-bond acceptors (Lipinski definition) is 6. The molecule has 3 rings (SSSR count). The van der Waals surface area contributed by atoms with Gasteiger partial charge in [-0.1, -0.05) is 0 Å². The van der Waals surface area contributed by atoms with Crippen molar-refractivity contribution in [1.82, 2.24) is 4.98 Å². The highest BCUT2D eigenvalue weighted by molar-refractivity contribution is 7.14. The number of benzene rings is 1. The summed E-state index contributed by atoms with van der Waals surface area (Å²) in [4.78, 5) is 17.2. The van der Waals surface area contributed by atoms with Crippen molar-refractivity contribution in [1.29, 1.82) is 5.26 Å². The molecule has 6 heteroatoms. The molecule has 2 aromatic rings. The summed E-state index contributed by atoms with van der Waals surface area (Å²) >= 11 is 1.33. The van der Waals surface area contributed by atoms with Gasteiger partial charge in [0.15, 0.2) is 0 Å². The lowest BCUT2D eigenvalue weighted by atomic mass is 10.1. The second kappa shape index (κ2) is 5.54. The highest BCUT2D eigenvalue weighted by Gasteiger charge is 2.23. The molecule has 0 radical (unpaired) electrons. The first-order chi connectivity index (χ1) is 10.2. The van der Waals surface area contributed by atoms with Crippen molar-refractivity contribution >= 4 is 17.3 Å². The van der Waals surface area contributed by atoms with Crippen molar-refractivity contribution in [2.24, 2.45) is 0 Å². The molecule has 0 amide bonds. The van der Waals surface area contributed by atoms with E-state index in [4.69, 9.17) is 14.7 Å². The maximum atomic E-state index is 11.8. The van der Waals surface area contributed by atoms with Crippen LogP contribution < -0.4 is 4.74 Å². The Morgan fingerprint density at radius 1 is 1.57 bits per heavy atom. The number of carbonyl (C=O) groups is 1. The summed E-state index contributed by atoms with van der Waals surface area (Å²) in [7, 11) is 0. The number of hydrogen-bond donors (Lipinski definition) is 0. The van der Waals surface area contributed by atoms with Gasteiger partial charge in [0, 0.05) is 16.9 Å². The van der Waals surface area contributed by atoms with Crippen LogP contribution in [0.15, 0.2) is 18.2 Å². The number of thiazole rings is 1. The molecule has 0 bridgehead atoms. The second-order valence-electron chi connectivity index (χ2n) is 4.43. The van der Waals surface area contributed by atoms with Crippen LogP contribution in [0.4, 0.5) is 0 Å². The maximum Gasteiger partial charge on any atom is 0.367 e. The lowest BCUT2D eigenvalue weighted by Crippen LogP contribution is -2.04. The summed E-state index contributed by atoms with van der Waals surface area (Å²) < 4.78 is 10.7. The van der Waals surface area contributed by atoms with Crippen molar-refractivity contribution in [3.05, 3.63) is 33.6 Å². The summed E-state index contributed by atoms with van der Waals surface area (Å²) in [5.74, 6) is 0.280. The van der Waals surface area contributed by atoms with Crippen molar-refractivity contribution in [2.45, 2.75) is 13.3 Å². The van der Waals surface area contributed by atoms with E-state index in [1.807, 2.05) is 0 Å². The largest absolute Gasteiger partial charge is 0.493 e. The van der Waals surface area contributed by atoms with Gasteiger partial charge >= 0.3 is 5.97 Å². The normalized spacial score (nSPS) is 12.4. The van der Waals surface area contributed by atoms with Crippen LogP contribution in [0.5, 0.6) is 5.75 Å². The third-order valence-electron chi connectivity index (χ3n) is 3.10. The SMILES string of the molecule is CCOC(=O)c1nc2c(s1)CCOc1ccc(C#N)cc1-2. The summed E-state index contributed by atoms with van der Waals surface area (Å²) in [6.07, 6.45) is 0.684. The van der Waals surface area contributed by atoms with Crippen molar-refractivity contribution in [3.8, 4) is 23.1 Å². The smallest absolute Gasteiger partial charge is 0.367 e. The molecular formula is C15H12N2O3S. The van der Waals surface area contributed by atoms with Crippen LogP contribution in [-0.4, -0.2) is 24.2 Å². The number of fused-ring (bicyclic) bond motifs is 3. The first kappa shape index (κ1) is 13.6. The van der Waals surface area contributed by atoms with E-state index >= 15 is 0 Å². The number of nitriles is 1. The third-order valence-corrected chi connectivity index (χ3v) is 4.19. The lowest BCUT2D eigenvalue weighted by Gasteiger charge is -2.06. The standard InChI is InChI=1S/C15H12N2O3S/c1-2-19-15(18)14-17-13-10-7-9(8-16)3-4-11(10)20-6-5-12(13)21-14/h3-4,7H,2,5-6H2,1H3. The molecule has 0 N–H and O–H groups in total. The molecule has 0 saturated heterocycles. The Balaban J connectivity index is 2.11. The molecule has 1 aliphatic rings. The number of nitrogens with zero attached hydrogens (tertiary/aromatic N) is 2. The Morgan fingerprint density at radius 2 is 2.43 bits per heavy atom. The minimum absolute atomic E-state index is 0.321. The number of carbonyl (C=O) groups excluding carboxylic acids is 1. The summed E-state index contributed by atoms with van der Waals surface area (Å²) in [5, 5.41) is 9.38. The zero-order valence-corrected chi connectivity index (χ0v) is 12.2. The number of esters is 1. The average Bonchev–Trinajstić information content (AvgIpc) is 2.85. The topological polar surface area (TPSA) is 72.2 Å². The molecule has 1 aliphatic heterocycles. The molecule has 0 aliphatic carbocycles. The highest BCUT2D eigenvalue weighted by atomic mass is 32.1. The second-order valence-corrected chi connectivity index (χ2v) is 5.52. The van der Waals surface area contributed by atoms with Gasteiger partial charge in [-0.2, -0.15) is 5.26 Å². The molecule has 0 saturated carbocycles. The maximum absolute atomic E-state index is 11.8. The van der Waals surface area contributed by atoms with Gasteiger partial charge in [0.2, 0.25) is 5.01 Å². The lowest BCUT2D eigenvalue weighted by molar-refractivity contribution is 0.0526. The molecule has 0 fully saturated rings. The van der Waals surface area contributed by atoms with E-state index in [1.165, 1.54) is 11.3 Å². The first-order valence-corrected chi connectivity index (χ1v) is 7.38. The van der Waals surface area contributed by atoms with Gasteiger partial charge < -0.3 is 9.47 Å². The molecule has 2 heterocycles. The van der Waals surface area contributed by atoms with Crippen molar-refractivity contribution in [2.75, 3.05) is 13.2 Å². The number of rotatable bonds is 2. The minimum atomic E-state index is -0.408. The Hall–Kier alpha value is -2.39. The molecule has 0 spiro atoms. The van der Waals surface area contributed by atoms with E-state index in [0.29, 0.717) is 41.6 Å². The first-order valence-electron chi connectivity index (χ1n) is 6.57. The van der Waals surface area contributed by atoms with E-state index in [2.05, 4.69) is 11.1 Å². The Bertz CT molecular complexity index is 746. The van der Waals surface area contributed by atoms with Gasteiger partial charge in [0.1, 0.15) is 5.75 Å². The summed E-state index contributed by atoms with van der Waals surface area (Å²) in [6, 6.07) is 7.33. The minimum Gasteiger partial charge on any atom is -0.493 e. The van der Waals surface area contributed by atoms with Gasteiger partial charge in [0.05, 0.1) is 30.5 Å². The molecule has 21 heavy (non-hydrogen) atoms. The van der Waals surface area contributed by atoms with Gasteiger partial charge in [-0.25, -0.2) is 9.78 Å². The zero-order valence-electron chi connectivity index (χ0n) is 11.4. The van der Waals surface area contributed by atoms with Crippen molar-refractivity contribution in [3.63, 3.8) is 0 Å². The predicted molar refractivity (Wildman–Crippen MR) is 77.4 cm³/mol. The Kier molecular flexibility index (Phi) is 3.59. The molecule has 1 aromatic heterocycles. The quantitative estimate of drug-likeness (QED) is 0.797. The zero-order chi connectivity index (χ0) is 14.8. The van der Waals surface area contributed by atoms with Crippen LogP contribution in [-0.2, 0) is 11.2 Å². The van der Waals surface area contributed by atoms with Gasteiger partial charge in [-0.3, -0.25) is 0 Å². The van der Waals surface area contributed by atoms with Crippen molar-refractivity contribution < 1.29 is 14.3 Å². The van der Waals surface area contributed by atoms with Crippen LogP contribution in [0.3, 0.4) is 0 Å². The van der Waals surface area contributed by atoms with E-state index < -0.39 is 5.97 Å². The van der Waals surface area contributed by atoms with Crippen LogP contribution in [0.25, 0.3) is 11.3 Å². The van der Waals surface area contributed by atoms with Crippen LogP contribution in [0, 0.1) is 11.3 Å². The Labute approximate surface area is 125 Å². The third kappa shape index (κ3) is 2.48. The van der Waals surface area contributed by atoms with Gasteiger partial charge in [0.25, 0.3) is 0 Å². The Morgan fingerprint density at radius 3 is 3.19 bits per heavy atom. The van der Waals surface area contributed by atoms with Crippen LogP contribution in [0.2, 0.25) is 0 Å². The molecular weight excluding hydrogens is 288 g/mol. The van der Waals surface area contributed by atoms with Crippen LogP contribution in [0.1, 0.15) is 27.2 Å². The molecule has 1 aromatic carbocycles. The fourth-order valence-electron chi connectivity index (χ4n) is 2.18. The molecule has 0 unspecified atom stereocenters. The van der Waals surface area contributed by atoms with Gasteiger partial charge in [-0.15, -0.1) is 11.3 Å². The van der Waals surface area contributed by atoms with E-state index in [1.54, 1.807) is 25.1 Å². The highest BCUT2D eigenvalue weighted by Crippen LogP contribution is 2.38. The van der Waals surface area contributed by atoms with Crippen LogP contribution >= 0.6 is 11.3 Å². The molecule has 106 valence electrons. The summed E-state index contributed by atoms with van der Waals surface area (Å²) in [5.41, 5.74) is 2.01. The van der Waals surface area contributed by atoms with E-state index in [-0.39, 0.29) is 0 Å². The molecule has 0 atom stereocenters. The summed E-state index contributed by atoms with van der Waals surface area (Å²) in [6.45, 7) is 2.61. The monoisotopic (exact) mass is 300 g/mol. The molecule has 5 nitrogen and oxygen atoms in total. The fourth-order valence-corrected chi connectivity index (χ4v) is 3.13. The average molecular weight is 300 g/mol. The fraction of sp³-hybridized carbons (Fsp3) is 0.267. The number of aromatic nitrogens is 1. The van der Waals surface area contributed by atoms with E-state index in [0.717, 1.165) is 10.4 Å². The van der Waals surface area contributed by atoms with Gasteiger partial charge in [-0.05, 0) is 25.1 Å². The van der Waals surface area contributed by atoms with E-state index in [9.17, 15) is 4.79 Å².